The van der Waals surface area contributed by atoms with Crippen LogP contribution in [0.4, 0.5) is 10.1 Å². The fourth-order valence-corrected chi connectivity index (χ4v) is 6.27. The predicted molar refractivity (Wildman–Crippen MR) is 151 cm³/mol. The Hall–Kier alpha value is -3.92. The number of anilines is 1. The van der Waals surface area contributed by atoms with E-state index in [9.17, 15) is 22.4 Å². The number of carbonyl (C=O) groups is 2. The lowest BCUT2D eigenvalue weighted by Crippen LogP contribution is -2.52. The van der Waals surface area contributed by atoms with Gasteiger partial charge in [-0.1, -0.05) is 55.3 Å². The summed E-state index contributed by atoms with van der Waals surface area (Å²) in [6.45, 7) is 0.927. The van der Waals surface area contributed by atoms with Crippen molar-refractivity contribution >= 4 is 27.5 Å². The third-order valence-corrected chi connectivity index (χ3v) is 8.86. The minimum absolute atomic E-state index is 0.0196. The molecule has 1 N–H and O–H groups in total. The topological polar surface area (TPSA) is 96.0 Å². The number of methoxy groups -OCH3 is 1. The predicted octanol–water partition coefficient (Wildman–Crippen LogP) is 4.51. The van der Waals surface area contributed by atoms with Crippen LogP contribution in [0, 0.1) is 5.82 Å². The zero-order valence-corrected chi connectivity index (χ0v) is 23.4. The maximum atomic E-state index is 15.0. The molecule has 1 aliphatic rings. The number of nitrogens with one attached hydrogen (secondary N) is 1. The first kappa shape index (κ1) is 29.1. The van der Waals surface area contributed by atoms with Gasteiger partial charge < -0.3 is 15.0 Å². The minimum atomic E-state index is -4.33. The van der Waals surface area contributed by atoms with Gasteiger partial charge in [0, 0.05) is 12.6 Å². The van der Waals surface area contributed by atoms with Gasteiger partial charge in [-0.25, -0.2) is 12.8 Å². The number of benzene rings is 3. The second-order valence-electron chi connectivity index (χ2n) is 9.82. The number of hydrogen-bond acceptors (Lipinski definition) is 5. The molecule has 0 spiro atoms. The third kappa shape index (κ3) is 6.80. The van der Waals surface area contributed by atoms with E-state index in [1.54, 1.807) is 49.4 Å². The summed E-state index contributed by atoms with van der Waals surface area (Å²) in [6, 6.07) is 19.1. The first-order chi connectivity index (χ1) is 19.2. The molecule has 1 atom stereocenters. The minimum Gasteiger partial charge on any atom is -0.497 e. The smallest absolute Gasteiger partial charge is 0.264 e. The van der Waals surface area contributed by atoms with Gasteiger partial charge in [0.1, 0.15) is 24.2 Å². The lowest BCUT2D eigenvalue weighted by atomic mass is 10.1. The summed E-state index contributed by atoms with van der Waals surface area (Å²) in [5.41, 5.74) is 0.431. The van der Waals surface area contributed by atoms with Gasteiger partial charge in [-0.3, -0.25) is 13.9 Å². The molecule has 2 amide bonds. The highest BCUT2D eigenvalue weighted by Crippen LogP contribution is 2.27. The van der Waals surface area contributed by atoms with Gasteiger partial charge in [0.15, 0.2) is 0 Å². The molecular formula is C30H34FN3O5S. The molecular weight excluding hydrogens is 533 g/mol. The summed E-state index contributed by atoms with van der Waals surface area (Å²) in [7, 11) is -2.80. The maximum absolute atomic E-state index is 15.0. The molecule has 212 valence electrons. The Kier molecular flexibility index (Phi) is 9.42. The van der Waals surface area contributed by atoms with Crippen LogP contribution in [0.2, 0.25) is 0 Å². The van der Waals surface area contributed by atoms with Crippen molar-refractivity contribution in [2.45, 2.75) is 56.1 Å². The van der Waals surface area contributed by atoms with Crippen LogP contribution in [0.1, 0.15) is 38.2 Å². The second-order valence-corrected chi connectivity index (χ2v) is 11.7. The van der Waals surface area contributed by atoms with Crippen molar-refractivity contribution in [1.29, 1.82) is 0 Å². The van der Waals surface area contributed by atoms with Gasteiger partial charge in [0.2, 0.25) is 11.8 Å². The van der Waals surface area contributed by atoms with Crippen LogP contribution in [0.3, 0.4) is 0 Å². The van der Waals surface area contributed by atoms with E-state index in [1.165, 1.54) is 42.3 Å². The van der Waals surface area contributed by atoms with Gasteiger partial charge in [0.25, 0.3) is 10.0 Å². The van der Waals surface area contributed by atoms with E-state index in [-0.39, 0.29) is 29.1 Å². The first-order valence-corrected chi connectivity index (χ1v) is 14.7. The molecule has 3 aromatic carbocycles. The highest BCUT2D eigenvalue weighted by molar-refractivity contribution is 7.92. The van der Waals surface area contributed by atoms with Gasteiger partial charge in [-0.2, -0.15) is 0 Å². The Balaban J connectivity index is 1.69. The van der Waals surface area contributed by atoms with Gasteiger partial charge in [-0.05, 0) is 61.7 Å². The van der Waals surface area contributed by atoms with Crippen LogP contribution in [-0.2, 0) is 26.2 Å². The first-order valence-electron chi connectivity index (χ1n) is 13.3. The van der Waals surface area contributed by atoms with Crippen LogP contribution in [0.5, 0.6) is 5.75 Å². The van der Waals surface area contributed by atoms with Crippen LogP contribution in [0.25, 0.3) is 0 Å². The van der Waals surface area contributed by atoms with E-state index < -0.39 is 34.3 Å². The Morgan fingerprint density at radius 1 is 1.00 bits per heavy atom. The molecule has 0 aliphatic heterocycles. The SMILES string of the molecule is COc1cccc(CN(C(=O)CN(c2ccccc2F)S(=O)(=O)c2ccccc2)C(C)C(=O)NC2CCCC2)c1. The highest BCUT2D eigenvalue weighted by Gasteiger charge is 2.34. The van der Waals surface area contributed by atoms with Gasteiger partial charge in [0.05, 0.1) is 17.7 Å². The molecule has 1 fully saturated rings. The summed E-state index contributed by atoms with van der Waals surface area (Å²) in [6.07, 6.45) is 3.80. The Morgan fingerprint density at radius 2 is 1.68 bits per heavy atom. The van der Waals surface area contributed by atoms with E-state index in [4.69, 9.17) is 4.74 Å². The van der Waals surface area contributed by atoms with Crippen molar-refractivity contribution in [3.63, 3.8) is 0 Å². The Bertz CT molecular complexity index is 1430. The van der Waals surface area contributed by atoms with E-state index in [0.29, 0.717) is 11.3 Å². The average Bonchev–Trinajstić information content (AvgIpc) is 3.48. The second kappa shape index (κ2) is 13.0. The molecule has 1 aliphatic carbocycles. The molecule has 1 unspecified atom stereocenters. The largest absolute Gasteiger partial charge is 0.497 e. The van der Waals surface area contributed by atoms with Crippen molar-refractivity contribution in [2.75, 3.05) is 18.0 Å². The number of nitrogens with zero attached hydrogens (tertiary/aromatic N) is 2. The number of amides is 2. The number of hydrogen-bond donors (Lipinski definition) is 1. The zero-order valence-electron chi connectivity index (χ0n) is 22.6. The number of sulfonamides is 1. The molecule has 0 bridgehead atoms. The zero-order chi connectivity index (χ0) is 28.7. The average molecular weight is 568 g/mol. The molecule has 1 saturated carbocycles. The van der Waals surface area contributed by atoms with Crippen molar-refractivity contribution < 1.29 is 27.1 Å². The number of ether oxygens (including phenoxy) is 1. The number of rotatable bonds is 11. The summed E-state index contributed by atoms with van der Waals surface area (Å²) in [5, 5.41) is 3.02. The van der Waals surface area contributed by atoms with Gasteiger partial charge >= 0.3 is 0 Å². The van der Waals surface area contributed by atoms with Crippen molar-refractivity contribution in [2.24, 2.45) is 0 Å². The highest BCUT2D eigenvalue weighted by atomic mass is 32.2. The molecule has 3 aromatic rings. The third-order valence-electron chi connectivity index (χ3n) is 7.09. The Morgan fingerprint density at radius 3 is 2.35 bits per heavy atom. The fourth-order valence-electron chi connectivity index (χ4n) is 4.83. The van der Waals surface area contributed by atoms with Crippen LogP contribution >= 0.6 is 0 Å². The van der Waals surface area contributed by atoms with E-state index in [2.05, 4.69) is 5.32 Å². The monoisotopic (exact) mass is 567 g/mol. The summed E-state index contributed by atoms with van der Waals surface area (Å²) in [5.74, 6) is -1.19. The van der Waals surface area contributed by atoms with Crippen molar-refractivity contribution in [1.82, 2.24) is 10.2 Å². The van der Waals surface area contributed by atoms with E-state index in [0.717, 1.165) is 36.1 Å². The quantitative estimate of drug-likeness (QED) is 0.368. The normalized spacial score (nSPS) is 14.4. The van der Waals surface area contributed by atoms with Crippen molar-refractivity contribution in [3.8, 4) is 5.75 Å². The fraction of sp³-hybridized carbons (Fsp3) is 0.333. The molecule has 0 heterocycles. The van der Waals surface area contributed by atoms with Crippen LogP contribution < -0.4 is 14.4 Å². The maximum Gasteiger partial charge on any atom is 0.264 e. The molecule has 8 nitrogen and oxygen atoms in total. The summed E-state index contributed by atoms with van der Waals surface area (Å²) < 4.78 is 48.5. The summed E-state index contributed by atoms with van der Waals surface area (Å²) >= 11 is 0. The summed E-state index contributed by atoms with van der Waals surface area (Å²) in [4.78, 5) is 28.5. The molecule has 4 rings (SSSR count). The van der Waals surface area contributed by atoms with Crippen molar-refractivity contribution in [3.05, 3.63) is 90.2 Å². The molecule has 0 radical (unpaired) electrons. The van der Waals surface area contributed by atoms with Gasteiger partial charge in [-0.15, -0.1) is 0 Å². The number of para-hydroxylation sites is 1. The van der Waals surface area contributed by atoms with Crippen LogP contribution in [0.15, 0.2) is 83.8 Å². The number of halogens is 1. The molecule has 40 heavy (non-hydrogen) atoms. The molecule has 0 saturated heterocycles. The molecule has 10 heteroatoms. The number of carbonyl (C=O) groups excluding carboxylic acids is 2. The lowest BCUT2D eigenvalue weighted by Gasteiger charge is -2.32. The van der Waals surface area contributed by atoms with E-state index in [1.807, 2.05) is 0 Å². The Labute approximate surface area is 234 Å². The lowest BCUT2D eigenvalue weighted by molar-refractivity contribution is -0.139. The standard InChI is InChI=1S/C30H34FN3O5S/c1-22(30(36)32-24-12-6-7-13-24)33(20-23-11-10-14-25(19-23)39-2)29(35)21-34(28-18-9-8-17-27(28)31)40(37,38)26-15-4-3-5-16-26/h3-5,8-11,14-19,22,24H,6-7,12-13,20-21H2,1-2H3,(H,32,36). The van der Waals surface area contributed by atoms with E-state index >= 15 is 0 Å². The van der Waals surface area contributed by atoms with Crippen LogP contribution in [-0.4, -0.2) is 50.9 Å². The molecule has 0 aromatic heterocycles.